The number of hydrogen-bond acceptors (Lipinski definition) is 8. The van der Waals surface area contributed by atoms with Crippen LogP contribution < -0.4 is 10.1 Å². The standard InChI is InChI=1S/C29H30ClN5O5/c30-19-13-18-14-26(38)40-28(18)24(15-19)32-25(37)17-34-6-5-23-21(16-34)27(20-3-1-2-4-22(20)31-23)29(39)35-9-7-33(8-10-35)11-12-36/h1-4,13,15,36H,5-12,14,16-17H2,(H,32,37). The van der Waals surface area contributed by atoms with Gasteiger partial charge in [0.05, 0.1) is 36.3 Å². The number of aliphatic hydroxyl groups excluding tert-OH is 1. The van der Waals surface area contributed by atoms with Crippen molar-refractivity contribution in [2.75, 3.05) is 57.7 Å². The maximum atomic E-state index is 14.0. The smallest absolute Gasteiger partial charge is 0.315 e. The topological polar surface area (TPSA) is 115 Å². The van der Waals surface area contributed by atoms with Gasteiger partial charge < -0.3 is 20.1 Å². The summed E-state index contributed by atoms with van der Waals surface area (Å²) >= 11 is 6.21. The molecule has 4 heterocycles. The lowest BCUT2D eigenvalue weighted by atomic mass is 9.94. The molecule has 0 spiro atoms. The molecular formula is C29H30ClN5O5. The van der Waals surface area contributed by atoms with Crippen LogP contribution in [0.5, 0.6) is 5.75 Å². The SMILES string of the molecule is O=C(CN1CCc2nc3ccccc3c(C(=O)N3CCN(CCO)CC3)c2C1)Nc1cc(Cl)cc2c1OC(=O)C2. The molecular weight excluding hydrogens is 534 g/mol. The van der Waals surface area contributed by atoms with Gasteiger partial charge in [-0.1, -0.05) is 29.8 Å². The molecule has 2 amide bonds. The van der Waals surface area contributed by atoms with E-state index in [0.717, 1.165) is 22.2 Å². The lowest BCUT2D eigenvalue weighted by molar-refractivity contribution is -0.132. The molecule has 1 fully saturated rings. The maximum Gasteiger partial charge on any atom is 0.315 e. The molecule has 6 rings (SSSR count). The van der Waals surface area contributed by atoms with E-state index in [0.29, 0.717) is 79.8 Å². The number of esters is 1. The van der Waals surface area contributed by atoms with Crippen LogP contribution in [0, 0.1) is 0 Å². The largest absolute Gasteiger partial charge is 0.424 e. The third-order valence-electron chi connectivity index (χ3n) is 7.74. The zero-order chi connectivity index (χ0) is 27.8. The van der Waals surface area contributed by atoms with Crippen molar-refractivity contribution >= 4 is 46.0 Å². The minimum absolute atomic E-state index is 0.0268. The quantitative estimate of drug-likeness (QED) is 0.346. The highest BCUT2D eigenvalue weighted by Gasteiger charge is 2.31. The molecule has 0 saturated carbocycles. The Morgan fingerprint density at radius 1 is 1.07 bits per heavy atom. The number of piperazine rings is 1. The van der Waals surface area contributed by atoms with Crippen LogP contribution in [-0.4, -0.2) is 95.0 Å². The first kappa shape index (κ1) is 26.6. The number of nitrogens with one attached hydrogen (secondary N) is 1. The number of β-amino-alcohol motifs (C(OH)–C–C–N with tert-alkyl or cyclic N) is 1. The van der Waals surface area contributed by atoms with Gasteiger partial charge in [0.2, 0.25) is 5.91 Å². The van der Waals surface area contributed by atoms with Crippen LogP contribution in [0.25, 0.3) is 10.9 Å². The number of rotatable bonds is 6. The van der Waals surface area contributed by atoms with Crippen molar-refractivity contribution in [1.82, 2.24) is 19.7 Å². The molecule has 0 atom stereocenters. The van der Waals surface area contributed by atoms with Gasteiger partial charge in [-0.05, 0) is 18.2 Å². The Labute approximate surface area is 236 Å². The average molecular weight is 564 g/mol. The van der Waals surface area contributed by atoms with Crippen molar-refractivity contribution < 1.29 is 24.2 Å². The molecule has 3 aliphatic heterocycles. The molecule has 1 aromatic heterocycles. The number of hydrogen-bond donors (Lipinski definition) is 2. The van der Waals surface area contributed by atoms with Gasteiger partial charge in [-0.3, -0.25) is 29.2 Å². The highest BCUT2D eigenvalue weighted by molar-refractivity contribution is 6.31. The maximum absolute atomic E-state index is 14.0. The lowest BCUT2D eigenvalue weighted by Crippen LogP contribution is -2.49. The fourth-order valence-corrected chi connectivity index (χ4v) is 6.03. The van der Waals surface area contributed by atoms with Gasteiger partial charge in [-0.25, -0.2) is 0 Å². The molecule has 3 aromatic rings. The van der Waals surface area contributed by atoms with E-state index in [1.165, 1.54) is 0 Å². The molecule has 2 aromatic carbocycles. The van der Waals surface area contributed by atoms with Crippen LogP contribution in [-0.2, 0) is 29.0 Å². The number of amides is 2. The van der Waals surface area contributed by atoms with Gasteiger partial charge in [0, 0.05) is 79.5 Å². The second-order valence-electron chi connectivity index (χ2n) is 10.4. The Morgan fingerprint density at radius 2 is 1.88 bits per heavy atom. The molecule has 0 aliphatic carbocycles. The number of para-hydroxylation sites is 1. The minimum Gasteiger partial charge on any atom is -0.424 e. The molecule has 40 heavy (non-hydrogen) atoms. The minimum atomic E-state index is -0.382. The zero-order valence-corrected chi connectivity index (χ0v) is 22.7. The molecule has 1 saturated heterocycles. The van der Waals surface area contributed by atoms with Crippen molar-refractivity contribution in [1.29, 1.82) is 0 Å². The summed E-state index contributed by atoms with van der Waals surface area (Å²) in [7, 11) is 0. The number of anilines is 1. The van der Waals surface area contributed by atoms with E-state index in [4.69, 9.17) is 21.3 Å². The third kappa shape index (κ3) is 5.27. The number of benzene rings is 2. The van der Waals surface area contributed by atoms with Gasteiger partial charge >= 0.3 is 5.97 Å². The first-order valence-electron chi connectivity index (χ1n) is 13.5. The zero-order valence-electron chi connectivity index (χ0n) is 22.0. The van der Waals surface area contributed by atoms with Crippen molar-refractivity contribution in [2.24, 2.45) is 0 Å². The van der Waals surface area contributed by atoms with E-state index >= 15 is 0 Å². The summed E-state index contributed by atoms with van der Waals surface area (Å²) in [5.41, 5.74) is 4.22. The molecule has 0 unspecified atom stereocenters. The Bertz CT molecular complexity index is 1500. The van der Waals surface area contributed by atoms with E-state index in [1.54, 1.807) is 12.1 Å². The van der Waals surface area contributed by atoms with Crippen molar-refractivity contribution in [3.8, 4) is 5.75 Å². The van der Waals surface area contributed by atoms with Gasteiger partial charge in [-0.2, -0.15) is 0 Å². The monoisotopic (exact) mass is 563 g/mol. The summed E-state index contributed by atoms with van der Waals surface area (Å²) < 4.78 is 5.30. The van der Waals surface area contributed by atoms with E-state index in [-0.39, 0.29) is 37.4 Å². The Kier molecular flexibility index (Phi) is 7.41. The van der Waals surface area contributed by atoms with Gasteiger partial charge in [-0.15, -0.1) is 0 Å². The van der Waals surface area contributed by atoms with Crippen LogP contribution in [0.4, 0.5) is 5.69 Å². The molecule has 2 N–H and O–H groups in total. The summed E-state index contributed by atoms with van der Waals surface area (Å²) in [5, 5.41) is 13.3. The number of carbonyl (C=O) groups excluding carboxylic acids is 3. The van der Waals surface area contributed by atoms with Gasteiger partial charge in [0.25, 0.3) is 5.91 Å². The van der Waals surface area contributed by atoms with Gasteiger partial charge in [0.15, 0.2) is 5.75 Å². The van der Waals surface area contributed by atoms with Crippen molar-refractivity contribution in [3.63, 3.8) is 0 Å². The summed E-state index contributed by atoms with van der Waals surface area (Å²) in [5.74, 6) is -0.333. The molecule has 3 aliphatic rings. The van der Waals surface area contributed by atoms with Crippen molar-refractivity contribution in [2.45, 2.75) is 19.4 Å². The van der Waals surface area contributed by atoms with E-state index in [9.17, 15) is 19.5 Å². The summed E-state index contributed by atoms with van der Waals surface area (Å²) in [4.78, 5) is 49.8. The molecule has 11 heteroatoms. The fourth-order valence-electron chi connectivity index (χ4n) is 5.79. The summed E-state index contributed by atoms with van der Waals surface area (Å²) in [6, 6.07) is 11.0. The van der Waals surface area contributed by atoms with Crippen molar-refractivity contribution in [3.05, 3.63) is 63.8 Å². The fraction of sp³-hybridized carbons (Fsp3) is 0.379. The van der Waals surface area contributed by atoms with E-state index < -0.39 is 0 Å². The number of fused-ring (bicyclic) bond motifs is 3. The normalized spacial score (nSPS) is 17.4. The second-order valence-corrected chi connectivity index (χ2v) is 10.8. The Hall–Kier alpha value is -3.57. The second kappa shape index (κ2) is 11.1. The Balaban J connectivity index is 1.23. The highest BCUT2D eigenvalue weighted by Crippen LogP contribution is 2.37. The van der Waals surface area contributed by atoms with E-state index in [1.807, 2.05) is 34.1 Å². The number of carbonyl (C=O) groups is 3. The van der Waals surface area contributed by atoms with Crippen LogP contribution in [0.1, 0.15) is 27.2 Å². The molecule has 10 nitrogen and oxygen atoms in total. The number of pyridine rings is 1. The lowest BCUT2D eigenvalue weighted by Gasteiger charge is -2.36. The number of ether oxygens (including phenoxy) is 1. The molecule has 0 bridgehead atoms. The molecule has 0 radical (unpaired) electrons. The first-order valence-corrected chi connectivity index (χ1v) is 13.9. The predicted molar refractivity (Wildman–Crippen MR) is 150 cm³/mol. The molecule has 208 valence electrons. The van der Waals surface area contributed by atoms with Crippen LogP contribution >= 0.6 is 11.6 Å². The highest BCUT2D eigenvalue weighted by atomic mass is 35.5. The number of halogens is 1. The number of aliphatic hydroxyl groups is 1. The predicted octanol–water partition coefficient (Wildman–Crippen LogP) is 2.10. The van der Waals surface area contributed by atoms with E-state index in [2.05, 4.69) is 10.2 Å². The van der Waals surface area contributed by atoms with Gasteiger partial charge in [0.1, 0.15) is 0 Å². The third-order valence-corrected chi connectivity index (χ3v) is 7.96. The number of nitrogens with zero attached hydrogens (tertiary/aromatic N) is 4. The Morgan fingerprint density at radius 3 is 2.67 bits per heavy atom. The summed E-state index contributed by atoms with van der Waals surface area (Å²) in [6.45, 7) is 4.43. The first-order chi connectivity index (χ1) is 19.4. The van der Waals surface area contributed by atoms with Crippen LogP contribution in [0.2, 0.25) is 5.02 Å². The van der Waals surface area contributed by atoms with Crippen LogP contribution in [0.3, 0.4) is 0 Å². The number of aromatic nitrogens is 1. The summed E-state index contributed by atoms with van der Waals surface area (Å²) in [6.07, 6.45) is 0.734. The van der Waals surface area contributed by atoms with Crippen LogP contribution in [0.15, 0.2) is 36.4 Å². The average Bonchev–Trinajstić information content (AvgIpc) is 3.32.